The average Bonchev–Trinajstić information content (AvgIpc) is 3.12. The van der Waals surface area contributed by atoms with Gasteiger partial charge in [-0.1, -0.05) is 30.0 Å². The Morgan fingerprint density at radius 3 is 2.66 bits per heavy atom. The predicted molar refractivity (Wildman–Crippen MR) is 119 cm³/mol. The summed E-state index contributed by atoms with van der Waals surface area (Å²) in [6.07, 6.45) is -0.240. The van der Waals surface area contributed by atoms with Gasteiger partial charge in [-0.15, -0.1) is 10.2 Å². The standard InChI is InChI=1S/C21H21N5O5S/c1-13(2)31-20(28)15-7-4-8-16(10-15)22-18(27)12-32-21-24-23-19(25(21)3)14-6-5-9-17(11-14)26(29)30/h4-11,13H,12H2,1-3H3,(H,22,27). The second kappa shape index (κ2) is 10.1. The van der Waals surface area contributed by atoms with Gasteiger partial charge in [-0.2, -0.15) is 0 Å². The lowest BCUT2D eigenvalue weighted by molar-refractivity contribution is -0.384. The number of benzene rings is 2. The molecular formula is C21H21N5O5S. The van der Waals surface area contributed by atoms with Crippen LogP contribution in [-0.4, -0.2) is 43.4 Å². The van der Waals surface area contributed by atoms with E-state index in [0.717, 1.165) is 0 Å². The molecule has 0 unspecified atom stereocenters. The third-order valence-corrected chi connectivity index (χ3v) is 5.23. The van der Waals surface area contributed by atoms with Crippen LogP contribution in [0.3, 0.4) is 0 Å². The second-order valence-electron chi connectivity index (χ2n) is 7.04. The molecule has 0 atom stereocenters. The molecule has 0 radical (unpaired) electrons. The monoisotopic (exact) mass is 455 g/mol. The number of aromatic nitrogens is 3. The van der Waals surface area contributed by atoms with E-state index in [4.69, 9.17) is 4.74 Å². The number of amides is 1. The number of hydrogen-bond donors (Lipinski definition) is 1. The minimum Gasteiger partial charge on any atom is -0.459 e. The topological polar surface area (TPSA) is 129 Å². The number of nitrogens with one attached hydrogen (secondary N) is 1. The Labute approximate surface area is 188 Å². The van der Waals surface area contributed by atoms with Gasteiger partial charge in [0.1, 0.15) is 0 Å². The highest BCUT2D eigenvalue weighted by molar-refractivity contribution is 7.99. The smallest absolute Gasteiger partial charge is 0.338 e. The zero-order valence-corrected chi connectivity index (χ0v) is 18.5. The number of nitro groups is 1. The van der Waals surface area contributed by atoms with E-state index >= 15 is 0 Å². The first kappa shape index (κ1) is 22.9. The number of hydrogen-bond acceptors (Lipinski definition) is 8. The fourth-order valence-electron chi connectivity index (χ4n) is 2.78. The Bertz CT molecular complexity index is 1160. The van der Waals surface area contributed by atoms with Gasteiger partial charge in [0.15, 0.2) is 11.0 Å². The molecule has 3 aromatic rings. The van der Waals surface area contributed by atoms with E-state index < -0.39 is 10.9 Å². The summed E-state index contributed by atoms with van der Waals surface area (Å²) in [7, 11) is 1.72. The molecule has 0 fully saturated rings. The van der Waals surface area contributed by atoms with Gasteiger partial charge in [0, 0.05) is 30.4 Å². The maximum absolute atomic E-state index is 12.4. The first-order valence-electron chi connectivity index (χ1n) is 9.62. The molecule has 1 N–H and O–H groups in total. The maximum Gasteiger partial charge on any atom is 0.338 e. The molecule has 11 heteroatoms. The van der Waals surface area contributed by atoms with Crippen molar-refractivity contribution in [3.05, 3.63) is 64.2 Å². The summed E-state index contributed by atoms with van der Waals surface area (Å²) in [6.45, 7) is 3.52. The van der Waals surface area contributed by atoms with Gasteiger partial charge in [-0.05, 0) is 32.0 Å². The zero-order chi connectivity index (χ0) is 23.3. The van der Waals surface area contributed by atoms with Gasteiger partial charge in [0.2, 0.25) is 5.91 Å². The number of esters is 1. The van der Waals surface area contributed by atoms with Crippen LogP contribution in [0.2, 0.25) is 0 Å². The van der Waals surface area contributed by atoms with Gasteiger partial charge < -0.3 is 14.6 Å². The molecule has 1 heterocycles. The van der Waals surface area contributed by atoms with Crippen molar-refractivity contribution < 1.29 is 19.2 Å². The van der Waals surface area contributed by atoms with Crippen molar-refractivity contribution in [3.63, 3.8) is 0 Å². The first-order valence-corrected chi connectivity index (χ1v) is 10.6. The molecule has 0 aliphatic rings. The van der Waals surface area contributed by atoms with Crippen molar-refractivity contribution in [3.8, 4) is 11.4 Å². The molecule has 0 bridgehead atoms. The van der Waals surface area contributed by atoms with Gasteiger partial charge in [-0.25, -0.2) is 4.79 Å². The van der Waals surface area contributed by atoms with Gasteiger partial charge in [0.25, 0.3) is 5.69 Å². The van der Waals surface area contributed by atoms with Crippen molar-refractivity contribution in [2.75, 3.05) is 11.1 Å². The lowest BCUT2D eigenvalue weighted by atomic mass is 10.2. The number of thioether (sulfide) groups is 1. The zero-order valence-electron chi connectivity index (χ0n) is 17.6. The SMILES string of the molecule is CC(C)OC(=O)c1cccc(NC(=O)CSc2nnc(-c3cccc([N+](=O)[O-])c3)n2C)c1. The van der Waals surface area contributed by atoms with Crippen LogP contribution in [0.1, 0.15) is 24.2 Å². The summed E-state index contributed by atoms with van der Waals surface area (Å²) >= 11 is 1.17. The van der Waals surface area contributed by atoms with Crippen LogP contribution in [0.25, 0.3) is 11.4 Å². The molecule has 32 heavy (non-hydrogen) atoms. The van der Waals surface area contributed by atoms with Gasteiger partial charge in [0.05, 0.1) is 22.3 Å². The quantitative estimate of drug-likeness (QED) is 0.236. The molecule has 1 aromatic heterocycles. The van der Waals surface area contributed by atoms with E-state index in [2.05, 4.69) is 15.5 Å². The Kier molecular flexibility index (Phi) is 7.21. The van der Waals surface area contributed by atoms with Crippen molar-refractivity contribution in [1.29, 1.82) is 0 Å². The number of non-ortho nitro benzene ring substituents is 1. The normalized spacial score (nSPS) is 10.8. The highest BCUT2D eigenvalue weighted by atomic mass is 32.2. The van der Waals surface area contributed by atoms with Crippen LogP contribution in [0.5, 0.6) is 0 Å². The fraction of sp³-hybridized carbons (Fsp3) is 0.238. The highest BCUT2D eigenvalue weighted by Crippen LogP contribution is 2.25. The number of anilines is 1. The molecule has 10 nitrogen and oxygen atoms in total. The Morgan fingerprint density at radius 2 is 1.94 bits per heavy atom. The minimum atomic E-state index is -0.475. The average molecular weight is 455 g/mol. The Hall–Kier alpha value is -3.73. The van der Waals surface area contributed by atoms with Crippen LogP contribution in [-0.2, 0) is 16.6 Å². The van der Waals surface area contributed by atoms with E-state index in [1.807, 2.05) is 0 Å². The number of carbonyl (C=O) groups is 2. The predicted octanol–water partition coefficient (Wildman–Crippen LogP) is 3.69. The van der Waals surface area contributed by atoms with Crippen LogP contribution >= 0.6 is 11.8 Å². The van der Waals surface area contributed by atoms with Crippen molar-refractivity contribution >= 4 is 35.0 Å². The number of ether oxygens (including phenoxy) is 1. The van der Waals surface area contributed by atoms with E-state index in [1.54, 1.807) is 61.9 Å². The molecule has 0 aliphatic heterocycles. The lowest BCUT2D eigenvalue weighted by Crippen LogP contribution is -2.16. The van der Waals surface area contributed by atoms with Crippen LogP contribution in [0.4, 0.5) is 11.4 Å². The summed E-state index contributed by atoms with van der Waals surface area (Å²) in [5.74, 6) is -0.239. The molecule has 166 valence electrons. The molecular weight excluding hydrogens is 434 g/mol. The Morgan fingerprint density at radius 1 is 1.19 bits per heavy atom. The van der Waals surface area contributed by atoms with E-state index in [1.165, 1.54) is 23.9 Å². The third-order valence-electron chi connectivity index (χ3n) is 4.21. The van der Waals surface area contributed by atoms with E-state index in [9.17, 15) is 19.7 Å². The van der Waals surface area contributed by atoms with Crippen molar-refractivity contribution in [2.24, 2.45) is 7.05 Å². The molecule has 0 spiro atoms. The second-order valence-corrected chi connectivity index (χ2v) is 7.99. The largest absolute Gasteiger partial charge is 0.459 e. The first-order chi connectivity index (χ1) is 15.2. The van der Waals surface area contributed by atoms with Crippen LogP contribution in [0.15, 0.2) is 53.7 Å². The van der Waals surface area contributed by atoms with Crippen molar-refractivity contribution in [1.82, 2.24) is 14.8 Å². The van der Waals surface area contributed by atoms with Crippen LogP contribution in [0, 0.1) is 10.1 Å². The molecule has 0 aliphatic carbocycles. The van der Waals surface area contributed by atoms with Crippen LogP contribution < -0.4 is 5.32 Å². The summed E-state index contributed by atoms with van der Waals surface area (Å²) in [6, 6.07) is 12.6. The molecule has 1 amide bonds. The lowest BCUT2D eigenvalue weighted by Gasteiger charge is -2.10. The third kappa shape index (κ3) is 5.70. The number of carbonyl (C=O) groups excluding carboxylic acids is 2. The van der Waals surface area contributed by atoms with Gasteiger partial charge >= 0.3 is 5.97 Å². The fourth-order valence-corrected chi connectivity index (χ4v) is 3.49. The highest BCUT2D eigenvalue weighted by Gasteiger charge is 2.16. The number of nitrogens with zero attached hydrogens (tertiary/aromatic N) is 4. The molecule has 3 rings (SSSR count). The Balaban J connectivity index is 1.63. The maximum atomic E-state index is 12.4. The molecule has 0 saturated heterocycles. The summed E-state index contributed by atoms with van der Waals surface area (Å²) in [4.78, 5) is 34.9. The van der Waals surface area contributed by atoms with Crippen molar-refractivity contribution in [2.45, 2.75) is 25.1 Å². The minimum absolute atomic E-state index is 0.0430. The van der Waals surface area contributed by atoms with Gasteiger partial charge in [-0.3, -0.25) is 14.9 Å². The summed E-state index contributed by atoms with van der Waals surface area (Å²) in [5.41, 5.74) is 1.33. The summed E-state index contributed by atoms with van der Waals surface area (Å²) in [5, 5.41) is 22.4. The number of nitro benzene ring substituents is 1. The molecule has 2 aromatic carbocycles. The summed E-state index contributed by atoms with van der Waals surface area (Å²) < 4.78 is 6.83. The van der Waals surface area contributed by atoms with E-state index in [-0.39, 0.29) is 23.5 Å². The van der Waals surface area contributed by atoms with E-state index in [0.29, 0.717) is 27.8 Å². The number of rotatable bonds is 8. The molecule has 0 saturated carbocycles.